The number of hydrogen-bond acceptors (Lipinski definition) is 2. The number of benzene rings is 2. The third-order valence-electron chi connectivity index (χ3n) is 3.03. The van der Waals surface area contributed by atoms with Gasteiger partial charge in [0, 0.05) is 0 Å². The second kappa shape index (κ2) is 4.81. The Balaban J connectivity index is 2.26. The summed E-state index contributed by atoms with van der Waals surface area (Å²) in [6, 6.07) is 12.2. The third kappa shape index (κ3) is 1.94. The lowest BCUT2D eigenvalue weighted by Gasteiger charge is -2.04. The van der Waals surface area contributed by atoms with Gasteiger partial charge in [-0.3, -0.25) is 5.73 Å². The van der Waals surface area contributed by atoms with Crippen LogP contribution < -0.4 is 10.7 Å². The van der Waals surface area contributed by atoms with Crippen LogP contribution in [0.4, 0.5) is 5.95 Å². The molecule has 0 spiro atoms. The first-order chi connectivity index (χ1) is 9.59. The number of H-pyrrole nitrogens is 1. The van der Waals surface area contributed by atoms with Crippen LogP contribution in [0.15, 0.2) is 42.5 Å². The fourth-order valence-electron chi connectivity index (χ4n) is 2.13. The Bertz CT molecular complexity index is 806. The minimum atomic E-state index is -0.365. The molecule has 1 heterocycles. The summed E-state index contributed by atoms with van der Waals surface area (Å²) < 4.78 is 1.36. The van der Waals surface area contributed by atoms with Gasteiger partial charge in [0.2, 0.25) is 0 Å². The zero-order valence-corrected chi connectivity index (χ0v) is 11.7. The molecule has 2 aromatic carbocycles. The topological polar surface area (TPSA) is 62.2 Å². The van der Waals surface area contributed by atoms with Gasteiger partial charge in [-0.15, -0.1) is 0 Å². The van der Waals surface area contributed by atoms with Crippen LogP contribution in [0, 0.1) is 0 Å². The van der Waals surface area contributed by atoms with Gasteiger partial charge in [0.1, 0.15) is 11.0 Å². The average molecular weight is 307 g/mol. The van der Waals surface area contributed by atoms with E-state index in [1.54, 1.807) is 24.3 Å². The zero-order chi connectivity index (χ0) is 14.3. The first kappa shape index (κ1) is 13.0. The van der Waals surface area contributed by atoms with Crippen LogP contribution in [-0.2, 0) is 0 Å². The van der Waals surface area contributed by atoms with Gasteiger partial charge in [-0.05, 0) is 24.3 Å². The highest BCUT2D eigenvalue weighted by Crippen LogP contribution is 2.27. The number of anilines is 1. The van der Waals surface area contributed by atoms with Gasteiger partial charge < -0.3 is 0 Å². The van der Waals surface area contributed by atoms with E-state index in [1.165, 1.54) is 4.57 Å². The van der Waals surface area contributed by atoms with E-state index in [9.17, 15) is 4.79 Å². The molecule has 3 N–H and O–H groups in total. The van der Waals surface area contributed by atoms with E-state index in [0.29, 0.717) is 15.6 Å². The normalized spacial score (nSPS) is 10.9. The Hall–Kier alpha value is -2.04. The molecule has 0 bridgehead atoms. The number of nitrogens with one attached hydrogen (secondary N) is 1. The van der Waals surface area contributed by atoms with Crippen molar-refractivity contribution in [3.63, 3.8) is 0 Å². The van der Waals surface area contributed by atoms with Gasteiger partial charge in [-0.2, -0.15) is 4.57 Å². The number of aromatic amines is 1. The van der Waals surface area contributed by atoms with Gasteiger partial charge in [0.25, 0.3) is 0 Å². The van der Waals surface area contributed by atoms with Crippen LogP contribution in [-0.4, -0.2) is 10.5 Å². The molecular formula is C14H10Cl2N3O+. The highest BCUT2D eigenvalue weighted by atomic mass is 35.5. The SMILES string of the molecule is Nc1[nH+]c2ccccc2n1C(=O)c1c(Cl)cccc1Cl. The van der Waals surface area contributed by atoms with E-state index in [2.05, 4.69) is 4.98 Å². The molecule has 100 valence electrons. The minimum absolute atomic E-state index is 0.229. The molecule has 0 radical (unpaired) electrons. The van der Waals surface area contributed by atoms with Gasteiger partial charge in [-0.1, -0.05) is 41.4 Å². The van der Waals surface area contributed by atoms with Crippen molar-refractivity contribution < 1.29 is 9.78 Å². The molecule has 0 amide bonds. The highest BCUT2D eigenvalue weighted by Gasteiger charge is 2.25. The van der Waals surface area contributed by atoms with Crippen LogP contribution in [0.5, 0.6) is 0 Å². The fraction of sp³-hybridized carbons (Fsp3) is 0. The Morgan fingerprint density at radius 3 is 2.40 bits per heavy atom. The maximum absolute atomic E-state index is 12.7. The number of nitrogens with zero attached hydrogens (tertiary/aromatic N) is 1. The third-order valence-corrected chi connectivity index (χ3v) is 3.66. The van der Waals surface area contributed by atoms with Crippen molar-refractivity contribution in [3.05, 3.63) is 58.1 Å². The maximum atomic E-state index is 12.7. The first-order valence-corrected chi connectivity index (χ1v) is 6.62. The van der Waals surface area contributed by atoms with Gasteiger partial charge in [0.05, 0.1) is 15.6 Å². The molecular weight excluding hydrogens is 297 g/mol. The summed E-state index contributed by atoms with van der Waals surface area (Å²) in [6.07, 6.45) is 0. The average Bonchev–Trinajstić information content (AvgIpc) is 2.74. The molecule has 0 aliphatic rings. The zero-order valence-electron chi connectivity index (χ0n) is 10.2. The Labute approximate surface area is 124 Å². The predicted octanol–water partition coefficient (Wildman–Crippen LogP) is 3.03. The number of rotatable bonds is 1. The first-order valence-electron chi connectivity index (χ1n) is 5.86. The number of para-hydroxylation sites is 2. The van der Waals surface area contributed by atoms with Crippen molar-refractivity contribution in [3.8, 4) is 0 Å². The van der Waals surface area contributed by atoms with Crippen LogP contribution >= 0.6 is 23.2 Å². The van der Waals surface area contributed by atoms with Crippen LogP contribution in [0.25, 0.3) is 11.0 Å². The van der Waals surface area contributed by atoms with Crippen molar-refractivity contribution in [2.45, 2.75) is 0 Å². The summed E-state index contributed by atoms with van der Waals surface area (Å²) in [7, 11) is 0. The number of halogens is 2. The molecule has 0 fully saturated rings. The lowest BCUT2D eigenvalue weighted by molar-refractivity contribution is -0.326. The summed E-state index contributed by atoms with van der Waals surface area (Å²) in [5.74, 6) is -0.136. The quantitative estimate of drug-likeness (QED) is 0.751. The number of nitrogen functional groups attached to an aromatic ring is 1. The molecule has 20 heavy (non-hydrogen) atoms. The second-order valence-electron chi connectivity index (χ2n) is 4.26. The molecule has 3 aromatic rings. The van der Waals surface area contributed by atoms with E-state index in [4.69, 9.17) is 28.9 Å². The van der Waals surface area contributed by atoms with Crippen molar-refractivity contribution in [2.75, 3.05) is 5.73 Å². The molecule has 0 unspecified atom stereocenters. The second-order valence-corrected chi connectivity index (χ2v) is 5.08. The number of fused-ring (bicyclic) bond motifs is 1. The standard InChI is InChI=1S/C14H9Cl2N3O/c15-8-4-3-5-9(16)12(8)13(20)19-11-7-2-1-6-10(11)18-14(19)17/h1-7H,(H2,17,18)/p+1. The number of hydrogen-bond donors (Lipinski definition) is 1. The molecule has 0 aliphatic carbocycles. The van der Waals surface area contributed by atoms with E-state index in [-0.39, 0.29) is 17.4 Å². The molecule has 0 saturated heterocycles. The number of aromatic nitrogens is 2. The van der Waals surface area contributed by atoms with Gasteiger partial charge >= 0.3 is 11.9 Å². The number of nitrogens with two attached hydrogens (primary N) is 1. The van der Waals surface area contributed by atoms with E-state index in [1.807, 2.05) is 18.2 Å². The molecule has 4 nitrogen and oxygen atoms in total. The highest BCUT2D eigenvalue weighted by molar-refractivity contribution is 6.40. The van der Waals surface area contributed by atoms with Crippen LogP contribution in [0.1, 0.15) is 10.4 Å². The smallest absolute Gasteiger partial charge is 0.290 e. The van der Waals surface area contributed by atoms with E-state index in [0.717, 1.165) is 5.52 Å². The van der Waals surface area contributed by atoms with Gasteiger partial charge in [0.15, 0.2) is 0 Å². The molecule has 0 aliphatic heterocycles. The monoisotopic (exact) mass is 306 g/mol. The molecule has 3 rings (SSSR count). The molecule has 0 atom stereocenters. The van der Waals surface area contributed by atoms with E-state index >= 15 is 0 Å². The van der Waals surface area contributed by atoms with Gasteiger partial charge in [-0.25, -0.2) is 9.78 Å². The van der Waals surface area contributed by atoms with Crippen molar-refractivity contribution in [1.82, 2.24) is 4.57 Å². The van der Waals surface area contributed by atoms with E-state index < -0.39 is 0 Å². The molecule has 6 heteroatoms. The number of carbonyl (C=O) groups excluding carboxylic acids is 1. The van der Waals surface area contributed by atoms with Crippen molar-refractivity contribution >= 4 is 46.1 Å². The summed E-state index contributed by atoms with van der Waals surface area (Å²) >= 11 is 12.2. The van der Waals surface area contributed by atoms with Crippen molar-refractivity contribution in [1.29, 1.82) is 0 Å². The Morgan fingerprint density at radius 1 is 1.05 bits per heavy atom. The summed E-state index contributed by atoms with van der Waals surface area (Å²) in [4.78, 5) is 15.6. The number of imidazole rings is 1. The van der Waals surface area contributed by atoms with Crippen LogP contribution in [0.2, 0.25) is 10.0 Å². The summed E-state index contributed by atoms with van der Waals surface area (Å²) in [5.41, 5.74) is 7.56. The maximum Gasteiger partial charge on any atom is 0.361 e. The predicted molar refractivity (Wildman–Crippen MR) is 79.1 cm³/mol. The Morgan fingerprint density at radius 2 is 1.70 bits per heavy atom. The number of carbonyl (C=O) groups is 1. The van der Waals surface area contributed by atoms with Crippen LogP contribution in [0.3, 0.4) is 0 Å². The summed E-state index contributed by atoms with van der Waals surface area (Å²) in [5, 5.41) is 0.583. The minimum Gasteiger partial charge on any atom is -0.290 e. The largest absolute Gasteiger partial charge is 0.361 e. The lowest BCUT2D eigenvalue weighted by Crippen LogP contribution is -2.18. The summed E-state index contributed by atoms with van der Waals surface area (Å²) in [6.45, 7) is 0. The lowest BCUT2D eigenvalue weighted by atomic mass is 10.2. The van der Waals surface area contributed by atoms with Crippen molar-refractivity contribution in [2.24, 2.45) is 0 Å². The molecule has 1 aromatic heterocycles. The Kier molecular flexibility index (Phi) is 3.12. The molecule has 0 saturated carbocycles. The fourth-order valence-corrected chi connectivity index (χ4v) is 2.69.